The van der Waals surface area contributed by atoms with Crippen molar-refractivity contribution in [3.05, 3.63) is 92.0 Å². The topological polar surface area (TPSA) is 149 Å². The van der Waals surface area contributed by atoms with Crippen LogP contribution in [0.3, 0.4) is 0 Å². The largest absolute Gasteiger partial charge is 0.502 e. The van der Waals surface area contributed by atoms with Crippen molar-refractivity contribution in [3.8, 4) is 10.9 Å². The van der Waals surface area contributed by atoms with Crippen LogP contribution in [0.4, 0.5) is 17.1 Å². The Labute approximate surface area is 228 Å². The van der Waals surface area contributed by atoms with Crippen molar-refractivity contribution in [2.45, 2.75) is 33.1 Å². The first-order valence-corrected chi connectivity index (χ1v) is 12.6. The molecule has 0 radical (unpaired) electrons. The van der Waals surface area contributed by atoms with E-state index in [2.05, 4.69) is 4.98 Å². The van der Waals surface area contributed by atoms with Gasteiger partial charge < -0.3 is 14.7 Å². The van der Waals surface area contributed by atoms with Gasteiger partial charge in [-0.25, -0.2) is 4.98 Å². The average Bonchev–Trinajstić information content (AvgIpc) is 3.30. The number of para-hydroxylation sites is 2. The van der Waals surface area contributed by atoms with E-state index < -0.39 is 26.7 Å². The summed E-state index contributed by atoms with van der Waals surface area (Å²) in [5, 5.41) is 32.2. The Kier molecular flexibility index (Phi) is 8.81. The maximum atomic E-state index is 12.1. The quantitative estimate of drug-likeness (QED) is 0.221. The third-order valence-corrected chi connectivity index (χ3v) is 6.75. The van der Waals surface area contributed by atoms with E-state index >= 15 is 0 Å². The number of nitro groups is 2. The highest BCUT2D eigenvalue weighted by Gasteiger charge is 2.33. The molecule has 204 valence electrons. The lowest BCUT2D eigenvalue weighted by atomic mass is 9.84. The van der Waals surface area contributed by atoms with Crippen molar-refractivity contribution in [2.24, 2.45) is 0 Å². The van der Waals surface area contributed by atoms with Crippen molar-refractivity contribution in [2.75, 3.05) is 18.6 Å². The smallest absolute Gasteiger partial charge is 0.320 e. The van der Waals surface area contributed by atoms with Gasteiger partial charge in [0.15, 0.2) is 12.4 Å². The number of carbonyl (C=O) groups excluding carboxylic acids is 1. The van der Waals surface area contributed by atoms with Gasteiger partial charge in [-0.3, -0.25) is 25.0 Å². The summed E-state index contributed by atoms with van der Waals surface area (Å²) in [7, 11) is 1.74. The Morgan fingerprint density at radius 3 is 2.23 bits per heavy atom. The van der Waals surface area contributed by atoms with Crippen LogP contribution < -0.4 is 9.64 Å². The molecule has 0 atom stereocenters. The number of amides is 1. The molecule has 11 nitrogen and oxygen atoms in total. The molecule has 0 bridgehead atoms. The molecule has 3 aromatic carbocycles. The normalized spacial score (nSPS) is 10.9. The SMILES string of the molecule is CN(C(=O)COc1nc2ccccc2s1)c1ccccc1.Cc1c([N+](=O)[O-])cc(C(C)(C)C)c(O)c1[N+](=O)[O-]. The van der Waals surface area contributed by atoms with Crippen LogP contribution in [0.25, 0.3) is 10.2 Å². The highest BCUT2D eigenvalue weighted by Crippen LogP contribution is 2.43. The van der Waals surface area contributed by atoms with Crippen molar-refractivity contribution >= 4 is 44.5 Å². The molecule has 1 heterocycles. The maximum Gasteiger partial charge on any atom is 0.320 e. The first kappa shape index (κ1) is 29.0. The van der Waals surface area contributed by atoms with Crippen LogP contribution >= 0.6 is 11.3 Å². The number of phenolic OH excluding ortho intramolecular Hbond substituents is 1. The molecule has 0 saturated heterocycles. The van der Waals surface area contributed by atoms with Gasteiger partial charge in [-0.05, 0) is 36.6 Å². The van der Waals surface area contributed by atoms with E-state index in [1.165, 1.54) is 24.3 Å². The lowest BCUT2D eigenvalue weighted by molar-refractivity contribution is -0.396. The van der Waals surface area contributed by atoms with Crippen LogP contribution in [0.5, 0.6) is 10.9 Å². The lowest BCUT2D eigenvalue weighted by Crippen LogP contribution is -2.31. The van der Waals surface area contributed by atoms with E-state index in [4.69, 9.17) is 4.74 Å². The number of anilines is 1. The van der Waals surface area contributed by atoms with Crippen LogP contribution in [-0.4, -0.2) is 39.5 Å². The van der Waals surface area contributed by atoms with E-state index in [1.807, 2.05) is 54.6 Å². The van der Waals surface area contributed by atoms with Gasteiger partial charge in [-0.2, -0.15) is 0 Å². The van der Waals surface area contributed by atoms with Gasteiger partial charge in [-0.1, -0.05) is 62.4 Å². The summed E-state index contributed by atoms with van der Waals surface area (Å²) in [5.74, 6) is -0.615. The minimum atomic E-state index is -0.799. The second-order valence-corrected chi connectivity index (χ2v) is 10.5. The standard InChI is InChI=1S/C16H14N2O2S.C11H14N2O5/c1-18(12-7-3-2-4-8-12)15(19)11-20-16-17-13-9-5-6-10-14(13)21-16;1-6-8(12(15)16)5-7(11(2,3)4)10(14)9(6)13(17)18/h2-10H,11H2,1H3;5,14H,1-4H3. The highest BCUT2D eigenvalue weighted by molar-refractivity contribution is 7.20. The number of hydrogen-bond acceptors (Lipinski definition) is 9. The molecule has 4 aromatic rings. The van der Waals surface area contributed by atoms with Crippen molar-refractivity contribution < 1.29 is 24.5 Å². The molecule has 39 heavy (non-hydrogen) atoms. The first-order valence-electron chi connectivity index (χ1n) is 11.8. The average molecular weight is 553 g/mol. The molecule has 0 aliphatic heterocycles. The van der Waals surface area contributed by atoms with Crippen LogP contribution in [0.1, 0.15) is 31.9 Å². The van der Waals surface area contributed by atoms with E-state index in [0.717, 1.165) is 15.9 Å². The molecular weight excluding hydrogens is 524 g/mol. The summed E-state index contributed by atoms with van der Waals surface area (Å²) in [6.45, 7) is 6.37. The molecule has 0 unspecified atom stereocenters. The fourth-order valence-electron chi connectivity index (χ4n) is 3.65. The predicted octanol–water partition coefficient (Wildman–Crippen LogP) is 6.15. The number of hydrogen-bond donors (Lipinski definition) is 1. The van der Waals surface area contributed by atoms with Gasteiger partial charge in [0, 0.05) is 24.4 Å². The summed E-state index contributed by atoms with van der Waals surface area (Å²) >= 11 is 1.44. The van der Waals surface area contributed by atoms with Crippen LogP contribution in [-0.2, 0) is 10.2 Å². The molecule has 0 aliphatic carbocycles. The zero-order valence-corrected chi connectivity index (χ0v) is 22.9. The Balaban J connectivity index is 0.000000219. The number of ether oxygens (including phenoxy) is 1. The molecule has 0 aliphatic rings. The second-order valence-electron chi connectivity index (χ2n) is 9.55. The van der Waals surface area contributed by atoms with Crippen molar-refractivity contribution in [1.82, 2.24) is 4.98 Å². The molecule has 0 saturated carbocycles. The zero-order chi connectivity index (χ0) is 28.9. The Morgan fingerprint density at radius 2 is 1.67 bits per heavy atom. The number of aromatic nitrogens is 1. The number of benzene rings is 3. The number of nitro benzene ring substituents is 2. The van der Waals surface area contributed by atoms with E-state index in [0.29, 0.717) is 5.19 Å². The number of carbonyl (C=O) groups is 1. The summed E-state index contributed by atoms with van der Waals surface area (Å²) in [6.07, 6.45) is 0. The minimum absolute atomic E-state index is 0.0226. The van der Waals surface area contributed by atoms with Gasteiger partial charge in [0.05, 0.1) is 20.1 Å². The predicted molar refractivity (Wildman–Crippen MR) is 150 cm³/mol. The monoisotopic (exact) mass is 552 g/mol. The number of phenols is 1. The zero-order valence-electron chi connectivity index (χ0n) is 22.1. The van der Waals surface area contributed by atoms with E-state index in [9.17, 15) is 30.1 Å². The molecular formula is C27H28N4O7S. The summed E-state index contributed by atoms with van der Waals surface area (Å²) < 4.78 is 6.56. The Bertz CT molecular complexity index is 1480. The minimum Gasteiger partial charge on any atom is -0.502 e. The fraction of sp³-hybridized carbons (Fsp3) is 0.259. The van der Waals surface area contributed by atoms with Crippen molar-refractivity contribution in [1.29, 1.82) is 0 Å². The Morgan fingerprint density at radius 1 is 1.05 bits per heavy atom. The molecule has 1 N–H and O–H groups in total. The number of nitrogens with zero attached hydrogens (tertiary/aromatic N) is 4. The summed E-state index contributed by atoms with van der Waals surface area (Å²) in [5.41, 5.74) is 0.185. The number of fused-ring (bicyclic) bond motifs is 1. The fourth-order valence-corrected chi connectivity index (χ4v) is 4.47. The Hall–Kier alpha value is -4.58. The van der Waals surface area contributed by atoms with Crippen LogP contribution in [0.15, 0.2) is 60.7 Å². The van der Waals surface area contributed by atoms with E-state index in [1.54, 1.807) is 32.7 Å². The lowest BCUT2D eigenvalue weighted by Gasteiger charge is -2.20. The van der Waals surface area contributed by atoms with Crippen molar-refractivity contribution in [3.63, 3.8) is 0 Å². The van der Waals surface area contributed by atoms with Gasteiger partial charge in [0.2, 0.25) is 0 Å². The molecule has 1 aromatic heterocycles. The van der Waals surface area contributed by atoms with Gasteiger partial charge in [0.25, 0.3) is 16.8 Å². The van der Waals surface area contributed by atoms with Crippen LogP contribution in [0.2, 0.25) is 0 Å². The van der Waals surface area contributed by atoms with Crippen LogP contribution in [0, 0.1) is 27.2 Å². The van der Waals surface area contributed by atoms with Gasteiger partial charge in [0.1, 0.15) is 5.56 Å². The highest BCUT2D eigenvalue weighted by atomic mass is 32.1. The third-order valence-electron chi connectivity index (χ3n) is 5.80. The number of likely N-dealkylation sites (N-methyl/N-ethyl adjacent to an activating group) is 1. The first-order chi connectivity index (χ1) is 18.3. The van der Waals surface area contributed by atoms with E-state index in [-0.39, 0.29) is 29.3 Å². The summed E-state index contributed by atoms with van der Waals surface area (Å²) in [6, 6.07) is 18.5. The molecule has 12 heteroatoms. The maximum absolute atomic E-state index is 12.1. The molecule has 4 rings (SSSR count). The number of rotatable bonds is 6. The van der Waals surface area contributed by atoms with Gasteiger partial charge in [-0.15, -0.1) is 0 Å². The molecule has 0 fully saturated rings. The molecule has 1 amide bonds. The van der Waals surface area contributed by atoms with Gasteiger partial charge >= 0.3 is 5.69 Å². The summed E-state index contributed by atoms with van der Waals surface area (Å²) in [4.78, 5) is 38.4. The number of thiazole rings is 1. The molecule has 0 spiro atoms. The second kappa shape index (κ2) is 11.9. The number of aromatic hydroxyl groups is 1. The third kappa shape index (κ3) is 6.85.